The number of hydrogen-bond donors (Lipinski definition) is 6. The number of ketones is 1. The summed E-state index contributed by atoms with van der Waals surface area (Å²) in [6.45, 7) is 11.4. The van der Waals surface area contributed by atoms with Crippen LogP contribution in [0.4, 0.5) is 5.69 Å². The van der Waals surface area contributed by atoms with Crippen LogP contribution in [0.1, 0.15) is 70.0 Å². The maximum absolute atomic E-state index is 14.2. The molecule has 300 valence electrons. The van der Waals surface area contributed by atoms with E-state index in [4.69, 9.17) is 18.9 Å². The Morgan fingerprint density at radius 2 is 1.64 bits per heavy atom. The fourth-order valence-corrected chi connectivity index (χ4v) is 7.23. The lowest BCUT2D eigenvalue weighted by Gasteiger charge is -2.38. The number of esters is 1. The van der Waals surface area contributed by atoms with Crippen LogP contribution in [0.15, 0.2) is 36.1 Å². The fourth-order valence-electron chi connectivity index (χ4n) is 7.23. The highest BCUT2D eigenvalue weighted by Crippen LogP contribution is 2.55. The average Bonchev–Trinajstić information content (AvgIpc) is 3.39. The van der Waals surface area contributed by atoms with E-state index in [1.165, 1.54) is 53.0 Å². The molecule has 0 saturated heterocycles. The summed E-state index contributed by atoms with van der Waals surface area (Å²) in [6.07, 6.45) is 2.62. The smallest absolute Gasteiger partial charge is 0.312 e. The van der Waals surface area contributed by atoms with Gasteiger partial charge in [0.15, 0.2) is 5.75 Å². The fraction of sp³-hybridized carbons (Fsp3) is 0.513. The van der Waals surface area contributed by atoms with E-state index >= 15 is 0 Å². The van der Waals surface area contributed by atoms with Gasteiger partial charge in [0.2, 0.25) is 6.54 Å². The van der Waals surface area contributed by atoms with E-state index in [1.807, 2.05) is 0 Å². The molecule has 6 N–H and O–H groups in total. The maximum atomic E-state index is 14.2. The molecular weight excluding hydrogens is 720 g/mol. The largest absolute Gasteiger partial charge is 0.507 e. The molecule has 0 fully saturated rings. The highest BCUT2D eigenvalue weighted by atomic mass is 16.7. The minimum absolute atomic E-state index is 0.0189. The number of ether oxygens (including phenoxy) is 4. The van der Waals surface area contributed by atoms with E-state index in [0.29, 0.717) is 0 Å². The molecular formula is C39H50N2O14. The lowest BCUT2D eigenvalue weighted by Crippen LogP contribution is -2.46. The summed E-state index contributed by atoms with van der Waals surface area (Å²) in [5.41, 5.74) is -0.922. The number of hydrogen-bond acceptors (Lipinski definition) is 14. The van der Waals surface area contributed by atoms with Gasteiger partial charge >= 0.3 is 11.8 Å². The number of phenolic OH excluding ortho intramolecular Hbond substituents is 3. The molecule has 9 atom stereocenters. The molecule has 3 aliphatic rings. The SMILES string of the molecule is CO[C@H]1/C=C/O[C@@]2(C)Oc3c(C)c(O)c4c(O)c(c(CC[N+](=O)[O-])c(O)c4c3C2=O)NC(=O)/C(C)=C\C=C\[C@H](C)[C@H](O)[C@@H](C)[C@@H](O)[C@@H](C)[C@H](OC(C)=O)[C@@H]1C. The van der Waals surface area contributed by atoms with Gasteiger partial charge in [0.25, 0.3) is 11.7 Å². The maximum Gasteiger partial charge on any atom is 0.312 e. The number of benzene rings is 2. The number of amides is 1. The van der Waals surface area contributed by atoms with Crippen molar-refractivity contribution in [2.45, 2.75) is 92.0 Å². The number of aromatic hydroxyl groups is 3. The van der Waals surface area contributed by atoms with Gasteiger partial charge in [-0.05, 0) is 19.9 Å². The lowest BCUT2D eigenvalue weighted by atomic mass is 9.78. The van der Waals surface area contributed by atoms with Crippen molar-refractivity contribution in [1.82, 2.24) is 0 Å². The van der Waals surface area contributed by atoms with E-state index in [0.717, 1.165) is 6.26 Å². The number of carbonyl (C=O) groups is 3. The molecule has 0 aliphatic carbocycles. The minimum Gasteiger partial charge on any atom is -0.507 e. The molecule has 3 heterocycles. The normalized spacial score (nSPS) is 31.2. The molecule has 16 heteroatoms. The number of rotatable bonds is 5. The monoisotopic (exact) mass is 770 g/mol. The quantitative estimate of drug-likeness (QED) is 0.0802. The second kappa shape index (κ2) is 16.7. The van der Waals surface area contributed by atoms with Gasteiger partial charge in [0.1, 0.15) is 23.4 Å². The molecule has 5 bridgehead atoms. The zero-order valence-electron chi connectivity index (χ0n) is 32.3. The van der Waals surface area contributed by atoms with Crippen molar-refractivity contribution in [3.05, 3.63) is 62.9 Å². The molecule has 0 saturated carbocycles. The molecule has 1 amide bonds. The van der Waals surface area contributed by atoms with Crippen LogP contribution in [-0.4, -0.2) is 92.0 Å². The predicted molar refractivity (Wildman–Crippen MR) is 199 cm³/mol. The second-order valence-electron chi connectivity index (χ2n) is 14.5. The summed E-state index contributed by atoms with van der Waals surface area (Å²) in [7, 11) is 1.40. The van der Waals surface area contributed by atoms with Crippen molar-refractivity contribution in [2.24, 2.45) is 23.7 Å². The average molecular weight is 771 g/mol. The van der Waals surface area contributed by atoms with Crippen LogP contribution in [0, 0.1) is 40.7 Å². The first-order chi connectivity index (χ1) is 25.7. The molecule has 3 aliphatic heterocycles. The van der Waals surface area contributed by atoms with Gasteiger partial charge in [-0.3, -0.25) is 24.5 Å². The van der Waals surface area contributed by atoms with Crippen molar-refractivity contribution in [3.8, 4) is 23.0 Å². The number of phenols is 3. The van der Waals surface area contributed by atoms with Crippen LogP contribution in [0.3, 0.4) is 0 Å². The summed E-state index contributed by atoms with van der Waals surface area (Å²) >= 11 is 0. The molecule has 0 unspecified atom stereocenters. The van der Waals surface area contributed by atoms with Gasteiger partial charge in [0, 0.05) is 78.1 Å². The Morgan fingerprint density at radius 3 is 2.24 bits per heavy atom. The van der Waals surface area contributed by atoms with Gasteiger partial charge in [-0.1, -0.05) is 45.9 Å². The van der Waals surface area contributed by atoms with Crippen LogP contribution in [0.25, 0.3) is 10.8 Å². The Kier molecular flexibility index (Phi) is 12.9. The Morgan fingerprint density at radius 1 is 0.982 bits per heavy atom. The highest BCUT2D eigenvalue weighted by molar-refractivity contribution is 6.22. The third-order valence-electron chi connectivity index (χ3n) is 10.6. The Labute approximate surface area is 318 Å². The molecule has 0 radical (unpaired) electrons. The number of aliphatic hydroxyl groups is 2. The van der Waals surface area contributed by atoms with E-state index in [1.54, 1.807) is 33.8 Å². The lowest BCUT2D eigenvalue weighted by molar-refractivity contribution is -0.479. The van der Waals surface area contributed by atoms with Gasteiger partial charge in [-0.2, -0.15) is 0 Å². The molecule has 0 aromatic heterocycles. The number of nitrogens with one attached hydrogen (secondary N) is 1. The Bertz CT molecular complexity index is 1950. The van der Waals surface area contributed by atoms with Gasteiger partial charge < -0.3 is 49.8 Å². The van der Waals surface area contributed by atoms with Crippen molar-refractivity contribution < 1.29 is 63.8 Å². The number of anilines is 1. The summed E-state index contributed by atoms with van der Waals surface area (Å²) in [6, 6.07) is 0. The molecule has 5 rings (SSSR count). The third kappa shape index (κ3) is 8.26. The van der Waals surface area contributed by atoms with Gasteiger partial charge in [-0.25, -0.2) is 0 Å². The van der Waals surface area contributed by atoms with Crippen LogP contribution in [-0.2, 0) is 30.2 Å². The second-order valence-corrected chi connectivity index (χ2v) is 14.5. The van der Waals surface area contributed by atoms with Crippen LogP contribution < -0.4 is 10.1 Å². The highest BCUT2D eigenvalue weighted by Gasteiger charge is 2.50. The standard InChI is InChI=1S/C39H50N2O14/c1-17-11-10-12-18(2)38(49)40-29-24(13-15-41(50)51)33(46)26-27(34(29)47)32(45)22(6)36-28(26)37(48)39(8,55-36)53-16-14-25(52-9)19(3)35(54-23(7)42)21(5)31(44)20(4)30(17)43/h10-12,14,16-17,19-21,25,30-31,35,43-47H,13,15H2,1-9H3,(H,40,49)/b11-10+,16-14+,18-12-/t17-,19+,20+,21+,25-,30-,31+,35+,39-/m0/s1. The van der Waals surface area contributed by atoms with Crippen LogP contribution in [0.5, 0.6) is 23.0 Å². The van der Waals surface area contributed by atoms with Crippen molar-refractivity contribution in [2.75, 3.05) is 19.0 Å². The molecule has 0 spiro atoms. The van der Waals surface area contributed by atoms with E-state index in [9.17, 15) is 50.0 Å². The number of allylic oxidation sites excluding steroid dienone is 2. The summed E-state index contributed by atoms with van der Waals surface area (Å²) in [5.74, 6) is -9.22. The number of carbonyl (C=O) groups excluding carboxylic acids is 3. The number of Topliss-reactive ketones (excluding diaryl/α,β-unsaturated/α-hetero) is 1. The third-order valence-corrected chi connectivity index (χ3v) is 10.6. The van der Waals surface area contributed by atoms with Crippen LogP contribution in [0.2, 0.25) is 0 Å². The Hall–Kier alpha value is -5.19. The topological polar surface area (TPSA) is 244 Å². The van der Waals surface area contributed by atoms with E-state index in [2.05, 4.69) is 5.32 Å². The van der Waals surface area contributed by atoms with Crippen LogP contribution >= 0.6 is 0 Å². The first kappa shape index (κ1) is 42.6. The van der Waals surface area contributed by atoms with Crippen molar-refractivity contribution >= 4 is 34.1 Å². The predicted octanol–water partition coefficient (Wildman–Crippen LogP) is 4.57. The summed E-state index contributed by atoms with van der Waals surface area (Å²) < 4.78 is 23.2. The number of fused-ring (bicyclic) bond motifs is 14. The Balaban J connectivity index is 1.96. The minimum atomic E-state index is -2.11. The zero-order valence-corrected chi connectivity index (χ0v) is 32.3. The van der Waals surface area contributed by atoms with E-state index < -0.39 is 118 Å². The van der Waals surface area contributed by atoms with Gasteiger partial charge in [-0.15, -0.1) is 0 Å². The number of aliphatic hydroxyl groups excluding tert-OH is 2. The molecule has 16 nitrogen and oxygen atoms in total. The molecule has 2 aromatic carbocycles. The van der Waals surface area contributed by atoms with Crippen molar-refractivity contribution in [3.63, 3.8) is 0 Å². The van der Waals surface area contributed by atoms with Gasteiger partial charge in [0.05, 0.1) is 41.2 Å². The molecule has 2 aromatic rings. The first-order valence-electron chi connectivity index (χ1n) is 17.9. The van der Waals surface area contributed by atoms with Crippen molar-refractivity contribution in [1.29, 1.82) is 0 Å². The number of nitro groups is 1. The number of methoxy groups -OCH3 is 1. The number of nitrogens with zero attached hydrogens (tertiary/aromatic N) is 1. The zero-order chi connectivity index (χ0) is 41.3. The molecule has 55 heavy (non-hydrogen) atoms. The summed E-state index contributed by atoms with van der Waals surface area (Å²) in [5, 5.41) is 70.5. The van der Waals surface area contributed by atoms with E-state index in [-0.39, 0.29) is 33.4 Å². The summed E-state index contributed by atoms with van der Waals surface area (Å²) in [4.78, 5) is 50.7. The first-order valence-corrected chi connectivity index (χ1v) is 17.9.